The summed E-state index contributed by atoms with van der Waals surface area (Å²) in [7, 11) is -2.85. The van der Waals surface area contributed by atoms with E-state index in [4.69, 9.17) is 4.74 Å². The third kappa shape index (κ3) is 3.50. The molecule has 22 heavy (non-hydrogen) atoms. The van der Waals surface area contributed by atoms with Gasteiger partial charge in [-0.1, -0.05) is 24.3 Å². The summed E-state index contributed by atoms with van der Waals surface area (Å²) >= 11 is 0. The van der Waals surface area contributed by atoms with Gasteiger partial charge in [0.05, 0.1) is 17.4 Å². The van der Waals surface area contributed by atoms with Crippen molar-refractivity contribution < 1.29 is 17.9 Å². The average Bonchev–Trinajstić information content (AvgIpc) is 2.93. The fourth-order valence-electron chi connectivity index (χ4n) is 3.15. The largest absolute Gasteiger partial charge is 0.464 e. The van der Waals surface area contributed by atoms with Crippen molar-refractivity contribution in [3.63, 3.8) is 0 Å². The highest BCUT2D eigenvalue weighted by Gasteiger charge is 2.29. The zero-order valence-electron chi connectivity index (χ0n) is 12.5. The molecule has 1 heterocycles. The van der Waals surface area contributed by atoms with E-state index < -0.39 is 9.84 Å². The molecule has 1 unspecified atom stereocenters. The minimum Gasteiger partial charge on any atom is -0.464 e. The minimum atomic E-state index is -2.85. The first kappa shape index (κ1) is 15.5. The van der Waals surface area contributed by atoms with Crippen molar-refractivity contribution in [3.8, 4) is 0 Å². The zero-order valence-corrected chi connectivity index (χ0v) is 13.3. The van der Waals surface area contributed by atoms with Gasteiger partial charge in [-0.25, -0.2) is 8.42 Å². The Morgan fingerprint density at radius 2 is 1.95 bits per heavy atom. The standard InChI is InChI=1S/C16H21NO4S/c18-16(15-6-5-13-3-1-2-4-14(13)15)21-10-7-17-8-11-22(19,20)12-9-17/h1-4,15H,5-12H2. The Labute approximate surface area is 131 Å². The summed E-state index contributed by atoms with van der Waals surface area (Å²) in [5.74, 6) is 0.112. The average molecular weight is 323 g/mol. The third-order valence-electron chi connectivity index (χ3n) is 4.51. The number of hydrogen-bond acceptors (Lipinski definition) is 5. The number of hydrogen-bond donors (Lipinski definition) is 0. The number of ether oxygens (including phenoxy) is 1. The Morgan fingerprint density at radius 1 is 1.23 bits per heavy atom. The molecule has 0 spiro atoms. The maximum Gasteiger partial charge on any atom is 0.313 e. The molecule has 5 nitrogen and oxygen atoms in total. The van der Waals surface area contributed by atoms with Gasteiger partial charge < -0.3 is 4.74 Å². The molecule has 1 aromatic carbocycles. The van der Waals surface area contributed by atoms with Crippen molar-refractivity contribution in [2.24, 2.45) is 0 Å². The normalized spacial score (nSPS) is 23.9. The SMILES string of the molecule is O=C(OCCN1CCS(=O)(=O)CC1)C1CCc2ccccc21. The Bertz CT molecular complexity index is 642. The van der Waals surface area contributed by atoms with Gasteiger partial charge in [-0.3, -0.25) is 9.69 Å². The van der Waals surface area contributed by atoms with Gasteiger partial charge in [-0.05, 0) is 24.0 Å². The van der Waals surface area contributed by atoms with Gasteiger partial charge in [0.2, 0.25) is 0 Å². The summed E-state index contributed by atoms with van der Waals surface area (Å²) in [6.07, 6.45) is 1.75. The van der Waals surface area contributed by atoms with Gasteiger partial charge in [-0.15, -0.1) is 0 Å². The fourth-order valence-corrected chi connectivity index (χ4v) is 4.43. The molecule has 1 saturated heterocycles. The summed E-state index contributed by atoms with van der Waals surface area (Å²) < 4.78 is 28.1. The Kier molecular flexibility index (Phi) is 4.49. The molecule has 2 aliphatic rings. The van der Waals surface area contributed by atoms with E-state index in [9.17, 15) is 13.2 Å². The highest BCUT2D eigenvalue weighted by Crippen LogP contribution is 2.33. The molecule has 1 atom stereocenters. The smallest absolute Gasteiger partial charge is 0.313 e. The van der Waals surface area contributed by atoms with Crippen LogP contribution in [0.2, 0.25) is 0 Å². The molecule has 3 rings (SSSR count). The van der Waals surface area contributed by atoms with E-state index in [-0.39, 0.29) is 23.4 Å². The lowest BCUT2D eigenvalue weighted by Crippen LogP contribution is -2.42. The molecular weight excluding hydrogens is 302 g/mol. The molecule has 6 heteroatoms. The van der Waals surface area contributed by atoms with Crippen LogP contribution < -0.4 is 0 Å². The van der Waals surface area contributed by atoms with E-state index in [1.807, 2.05) is 23.1 Å². The van der Waals surface area contributed by atoms with E-state index in [1.165, 1.54) is 5.56 Å². The van der Waals surface area contributed by atoms with Crippen LogP contribution in [0.5, 0.6) is 0 Å². The molecule has 0 aromatic heterocycles. The first-order valence-electron chi connectivity index (χ1n) is 7.72. The summed E-state index contributed by atoms with van der Waals surface area (Å²) in [4.78, 5) is 14.3. The molecule has 1 fully saturated rings. The molecule has 0 saturated carbocycles. The van der Waals surface area contributed by atoms with Crippen LogP contribution in [0.25, 0.3) is 0 Å². The highest BCUT2D eigenvalue weighted by atomic mass is 32.2. The number of benzene rings is 1. The molecule has 0 amide bonds. The molecule has 0 bridgehead atoms. The second-order valence-electron chi connectivity index (χ2n) is 5.95. The number of fused-ring (bicyclic) bond motifs is 1. The van der Waals surface area contributed by atoms with Crippen molar-refractivity contribution in [2.75, 3.05) is 37.7 Å². The third-order valence-corrected chi connectivity index (χ3v) is 6.12. The Hall–Kier alpha value is -1.40. The lowest BCUT2D eigenvalue weighted by atomic mass is 10.0. The van der Waals surface area contributed by atoms with Crippen LogP contribution in [-0.2, 0) is 25.8 Å². The highest BCUT2D eigenvalue weighted by molar-refractivity contribution is 7.91. The molecule has 1 aliphatic carbocycles. The van der Waals surface area contributed by atoms with E-state index >= 15 is 0 Å². The molecule has 1 aromatic rings. The predicted molar refractivity (Wildman–Crippen MR) is 83.6 cm³/mol. The minimum absolute atomic E-state index is 0.141. The van der Waals surface area contributed by atoms with Crippen LogP contribution in [0.15, 0.2) is 24.3 Å². The Balaban J connectivity index is 1.46. The van der Waals surface area contributed by atoms with Crippen molar-refractivity contribution in [1.29, 1.82) is 0 Å². The van der Waals surface area contributed by atoms with Crippen LogP contribution in [0, 0.1) is 0 Å². The van der Waals surface area contributed by atoms with E-state index in [0.717, 1.165) is 18.4 Å². The quantitative estimate of drug-likeness (QED) is 0.773. The lowest BCUT2D eigenvalue weighted by Gasteiger charge is -2.26. The van der Waals surface area contributed by atoms with Gasteiger partial charge >= 0.3 is 5.97 Å². The first-order chi connectivity index (χ1) is 10.6. The molecule has 120 valence electrons. The van der Waals surface area contributed by atoms with Crippen molar-refractivity contribution in [3.05, 3.63) is 35.4 Å². The second kappa shape index (κ2) is 6.38. The fraction of sp³-hybridized carbons (Fsp3) is 0.562. The number of carbonyl (C=O) groups is 1. The number of nitrogens with zero attached hydrogens (tertiary/aromatic N) is 1. The topological polar surface area (TPSA) is 63.7 Å². The number of rotatable bonds is 4. The summed E-state index contributed by atoms with van der Waals surface area (Å²) in [6.45, 7) is 2.01. The number of aryl methyl sites for hydroxylation is 1. The monoisotopic (exact) mass is 323 g/mol. The predicted octanol–water partition coefficient (Wildman–Crippen LogP) is 0.990. The maximum atomic E-state index is 12.2. The molecule has 1 aliphatic heterocycles. The number of esters is 1. The van der Waals surface area contributed by atoms with Gasteiger partial charge in [0.25, 0.3) is 0 Å². The van der Waals surface area contributed by atoms with Gasteiger partial charge in [0.1, 0.15) is 6.61 Å². The van der Waals surface area contributed by atoms with Crippen molar-refractivity contribution in [1.82, 2.24) is 4.90 Å². The van der Waals surface area contributed by atoms with Crippen molar-refractivity contribution >= 4 is 15.8 Å². The number of carbonyl (C=O) groups excluding carboxylic acids is 1. The summed E-state index contributed by atoms with van der Waals surface area (Å²) in [6, 6.07) is 8.02. The Morgan fingerprint density at radius 3 is 2.73 bits per heavy atom. The lowest BCUT2D eigenvalue weighted by molar-refractivity contribution is -0.145. The van der Waals surface area contributed by atoms with E-state index in [2.05, 4.69) is 6.07 Å². The first-order valence-corrected chi connectivity index (χ1v) is 9.54. The molecule has 0 radical (unpaired) electrons. The summed E-state index contributed by atoms with van der Waals surface area (Å²) in [5.41, 5.74) is 2.34. The van der Waals surface area contributed by atoms with Crippen LogP contribution >= 0.6 is 0 Å². The van der Waals surface area contributed by atoms with Gasteiger partial charge in [0, 0.05) is 19.6 Å². The van der Waals surface area contributed by atoms with Gasteiger partial charge in [0.15, 0.2) is 9.84 Å². The van der Waals surface area contributed by atoms with E-state index in [1.54, 1.807) is 0 Å². The molecular formula is C16H21NO4S. The number of sulfone groups is 1. The molecule has 0 N–H and O–H groups in total. The van der Waals surface area contributed by atoms with Crippen molar-refractivity contribution in [2.45, 2.75) is 18.8 Å². The van der Waals surface area contributed by atoms with Gasteiger partial charge in [-0.2, -0.15) is 0 Å². The zero-order chi connectivity index (χ0) is 15.6. The van der Waals surface area contributed by atoms with Crippen LogP contribution in [0.4, 0.5) is 0 Å². The summed E-state index contributed by atoms with van der Waals surface area (Å²) in [5, 5.41) is 0. The van der Waals surface area contributed by atoms with Crippen LogP contribution in [0.1, 0.15) is 23.5 Å². The maximum absolute atomic E-state index is 12.2. The van der Waals surface area contributed by atoms with E-state index in [0.29, 0.717) is 26.2 Å². The van der Waals surface area contributed by atoms with Crippen LogP contribution in [0.3, 0.4) is 0 Å². The van der Waals surface area contributed by atoms with Crippen LogP contribution in [-0.4, -0.2) is 57.0 Å². The second-order valence-corrected chi connectivity index (χ2v) is 8.25.